The summed E-state index contributed by atoms with van der Waals surface area (Å²) in [5.74, 6) is 0.223. The van der Waals surface area contributed by atoms with E-state index < -0.39 is 0 Å². The maximum absolute atomic E-state index is 11.9. The lowest BCUT2D eigenvalue weighted by Crippen LogP contribution is -2.39. The molecule has 0 saturated carbocycles. The largest absolute Gasteiger partial charge is 0.342 e. The third-order valence-corrected chi connectivity index (χ3v) is 2.72. The van der Waals surface area contributed by atoms with Crippen LogP contribution in [-0.2, 0) is 4.79 Å². The van der Waals surface area contributed by atoms with Crippen molar-refractivity contribution in [1.29, 1.82) is 5.26 Å². The summed E-state index contributed by atoms with van der Waals surface area (Å²) >= 11 is 0. The zero-order valence-corrected chi connectivity index (χ0v) is 10.7. The number of nitriles is 1. The van der Waals surface area contributed by atoms with Gasteiger partial charge in [0, 0.05) is 25.6 Å². The van der Waals surface area contributed by atoms with Crippen molar-refractivity contribution in [2.75, 3.05) is 13.1 Å². The van der Waals surface area contributed by atoms with Crippen LogP contribution in [0.25, 0.3) is 0 Å². The lowest BCUT2D eigenvalue weighted by atomic mass is 10.0. The molecule has 0 aromatic carbocycles. The second kappa shape index (κ2) is 7.24. The van der Waals surface area contributed by atoms with Gasteiger partial charge in [0.2, 0.25) is 5.91 Å². The van der Waals surface area contributed by atoms with Gasteiger partial charge in [0.25, 0.3) is 0 Å². The van der Waals surface area contributed by atoms with Crippen molar-refractivity contribution in [2.45, 2.75) is 40.2 Å². The summed E-state index contributed by atoms with van der Waals surface area (Å²) in [4.78, 5) is 13.6. The van der Waals surface area contributed by atoms with Crippen molar-refractivity contribution >= 4 is 5.91 Å². The molecule has 0 rings (SSSR count). The van der Waals surface area contributed by atoms with E-state index in [9.17, 15) is 4.79 Å². The van der Waals surface area contributed by atoms with E-state index in [1.165, 1.54) is 0 Å². The molecule has 2 unspecified atom stereocenters. The van der Waals surface area contributed by atoms with Crippen molar-refractivity contribution in [2.24, 2.45) is 17.6 Å². The topological polar surface area (TPSA) is 70.1 Å². The van der Waals surface area contributed by atoms with Gasteiger partial charge in [-0.2, -0.15) is 5.26 Å². The van der Waals surface area contributed by atoms with E-state index in [1.807, 2.05) is 27.7 Å². The normalized spacial score (nSPS) is 14.3. The van der Waals surface area contributed by atoms with Crippen LogP contribution in [-0.4, -0.2) is 29.9 Å². The number of carbonyl (C=O) groups is 1. The summed E-state index contributed by atoms with van der Waals surface area (Å²) in [6.45, 7) is 8.88. The first-order chi connectivity index (χ1) is 7.42. The highest BCUT2D eigenvalue weighted by Crippen LogP contribution is 2.07. The van der Waals surface area contributed by atoms with Gasteiger partial charge in [0.15, 0.2) is 0 Å². The van der Waals surface area contributed by atoms with E-state index in [2.05, 4.69) is 6.07 Å². The highest BCUT2D eigenvalue weighted by Gasteiger charge is 2.19. The number of carbonyl (C=O) groups excluding carboxylic acids is 1. The minimum absolute atomic E-state index is 0.0470. The van der Waals surface area contributed by atoms with E-state index in [1.54, 1.807) is 4.90 Å². The zero-order chi connectivity index (χ0) is 12.7. The summed E-state index contributed by atoms with van der Waals surface area (Å²) in [6, 6.07) is 2.04. The maximum Gasteiger partial charge on any atom is 0.224 e. The van der Waals surface area contributed by atoms with Crippen molar-refractivity contribution in [3.8, 4) is 6.07 Å². The molecule has 0 fully saturated rings. The van der Waals surface area contributed by atoms with Crippen LogP contribution in [0.2, 0.25) is 0 Å². The Morgan fingerprint density at radius 1 is 1.44 bits per heavy atom. The molecular formula is C12H23N3O. The SMILES string of the molecule is CCN(CC(C)C#N)C(=O)CC(N)C(C)C. The molecule has 1 amide bonds. The van der Waals surface area contributed by atoms with E-state index in [0.29, 0.717) is 25.4 Å². The van der Waals surface area contributed by atoms with Crippen LogP contribution in [0.4, 0.5) is 0 Å². The zero-order valence-electron chi connectivity index (χ0n) is 10.7. The molecule has 2 N–H and O–H groups in total. The minimum atomic E-state index is -0.126. The summed E-state index contributed by atoms with van der Waals surface area (Å²) in [6.07, 6.45) is 0.365. The van der Waals surface area contributed by atoms with Crippen LogP contribution in [0.1, 0.15) is 34.1 Å². The lowest BCUT2D eigenvalue weighted by Gasteiger charge is -2.24. The quantitative estimate of drug-likeness (QED) is 0.742. The Morgan fingerprint density at radius 2 is 2.00 bits per heavy atom. The third kappa shape index (κ3) is 5.13. The van der Waals surface area contributed by atoms with Crippen LogP contribution in [0, 0.1) is 23.2 Å². The lowest BCUT2D eigenvalue weighted by molar-refractivity contribution is -0.131. The van der Waals surface area contributed by atoms with E-state index in [-0.39, 0.29) is 17.9 Å². The van der Waals surface area contributed by atoms with Crippen LogP contribution < -0.4 is 5.73 Å². The van der Waals surface area contributed by atoms with Crippen LogP contribution in [0.3, 0.4) is 0 Å². The fourth-order valence-corrected chi connectivity index (χ4v) is 1.35. The van der Waals surface area contributed by atoms with Crippen LogP contribution in [0.15, 0.2) is 0 Å². The van der Waals surface area contributed by atoms with Crippen LogP contribution >= 0.6 is 0 Å². The molecule has 0 aliphatic carbocycles. The number of hydrogen-bond donors (Lipinski definition) is 1. The highest BCUT2D eigenvalue weighted by atomic mass is 16.2. The molecule has 2 atom stereocenters. The second-order valence-corrected chi connectivity index (χ2v) is 4.57. The molecule has 4 nitrogen and oxygen atoms in total. The van der Waals surface area contributed by atoms with Crippen molar-refractivity contribution in [1.82, 2.24) is 4.90 Å². The molecule has 0 bridgehead atoms. The average Bonchev–Trinajstić information content (AvgIpc) is 2.24. The summed E-state index contributed by atoms with van der Waals surface area (Å²) in [5, 5.41) is 8.72. The molecular weight excluding hydrogens is 202 g/mol. The predicted molar refractivity (Wildman–Crippen MR) is 64.5 cm³/mol. The van der Waals surface area contributed by atoms with E-state index in [0.717, 1.165) is 0 Å². The van der Waals surface area contributed by atoms with E-state index >= 15 is 0 Å². The number of amides is 1. The smallest absolute Gasteiger partial charge is 0.224 e. The van der Waals surface area contributed by atoms with E-state index in [4.69, 9.17) is 11.0 Å². The fraction of sp³-hybridized carbons (Fsp3) is 0.833. The Labute approximate surface area is 98.4 Å². The number of rotatable bonds is 6. The van der Waals surface area contributed by atoms with Gasteiger partial charge < -0.3 is 10.6 Å². The Balaban J connectivity index is 4.27. The third-order valence-electron chi connectivity index (χ3n) is 2.72. The number of nitrogens with zero attached hydrogens (tertiary/aromatic N) is 2. The molecule has 4 heteroatoms. The molecule has 16 heavy (non-hydrogen) atoms. The Bertz CT molecular complexity index is 257. The molecule has 0 heterocycles. The number of nitrogens with two attached hydrogens (primary N) is 1. The predicted octanol–water partition coefficient (Wildman–Crippen LogP) is 1.37. The monoisotopic (exact) mass is 225 g/mol. The Hall–Kier alpha value is -1.08. The van der Waals surface area contributed by atoms with Gasteiger partial charge in [-0.15, -0.1) is 0 Å². The summed E-state index contributed by atoms with van der Waals surface area (Å²) < 4.78 is 0. The first-order valence-electron chi connectivity index (χ1n) is 5.85. The first kappa shape index (κ1) is 14.9. The molecule has 0 radical (unpaired) electrons. The Kier molecular flexibility index (Phi) is 6.75. The molecule has 0 aliphatic heterocycles. The Morgan fingerprint density at radius 3 is 2.38 bits per heavy atom. The molecule has 0 spiro atoms. The molecule has 0 saturated heterocycles. The van der Waals surface area contributed by atoms with Crippen molar-refractivity contribution in [3.63, 3.8) is 0 Å². The highest BCUT2D eigenvalue weighted by molar-refractivity contribution is 5.76. The second-order valence-electron chi connectivity index (χ2n) is 4.57. The summed E-state index contributed by atoms with van der Waals surface area (Å²) in [5.41, 5.74) is 5.86. The van der Waals surface area contributed by atoms with Crippen LogP contribution in [0.5, 0.6) is 0 Å². The first-order valence-corrected chi connectivity index (χ1v) is 5.85. The van der Waals surface area contributed by atoms with Gasteiger partial charge >= 0.3 is 0 Å². The average molecular weight is 225 g/mol. The molecule has 92 valence electrons. The van der Waals surface area contributed by atoms with Gasteiger partial charge in [-0.1, -0.05) is 13.8 Å². The van der Waals surface area contributed by atoms with Gasteiger partial charge in [-0.25, -0.2) is 0 Å². The molecule has 0 aliphatic rings. The standard InChI is InChI=1S/C12H23N3O/c1-5-15(8-10(4)7-13)12(16)6-11(14)9(2)3/h9-11H,5-6,8,14H2,1-4H3. The van der Waals surface area contributed by atoms with Crippen molar-refractivity contribution < 1.29 is 4.79 Å². The molecule has 0 aromatic heterocycles. The van der Waals surface area contributed by atoms with Crippen molar-refractivity contribution in [3.05, 3.63) is 0 Å². The minimum Gasteiger partial charge on any atom is -0.342 e. The van der Waals surface area contributed by atoms with Gasteiger partial charge in [-0.05, 0) is 19.8 Å². The van der Waals surface area contributed by atoms with Gasteiger partial charge in [0.05, 0.1) is 12.0 Å². The number of hydrogen-bond acceptors (Lipinski definition) is 3. The van der Waals surface area contributed by atoms with Gasteiger partial charge in [0.1, 0.15) is 0 Å². The fourth-order valence-electron chi connectivity index (χ4n) is 1.35. The van der Waals surface area contributed by atoms with Gasteiger partial charge in [-0.3, -0.25) is 4.79 Å². The maximum atomic E-state index is 11.9. The summed E-state index contributed by atoms with van der Waals surface area (Å²) in [7, 11) is 0. The molecule has 0 aromatic rings.